The minimum absolute atomic E-state index is 0.0577. The van der Waals surface area contributed by atoms with Gasteiger partial charge < -0.3 is 20.1 Å². The minimum Gasteiger partial charge on any atom is -0.461 e. The third kappa shape index (κ3) is 8.02. The van der Waals surface area contributed by atoms with Crippen LogP contribution in [0, 0.1) is 11.8 Å². The van der Waals surface area contributed by atoms with Crippen molar-refractivity contribution in [3.8, 4) is 0 Å². The maximum Gasteiger partial charge on any atom is 0.309 e. The Morgan fingerprint density at radius 3 is 2.54 bits per heavy atom. The van der Waals surface area contributed by atoms with Crippen molar-refractivity contribution < 1.29 is 24.2 Å². The number of hydrogen-bond donors (Lipinski definition) is 2. The molecule has 2 aliphatic heterocycles. The number of rotatable bonds is 5. The quantitative estimate of drug-likeness (QED) is 0.449. The Balaban J connectivity index is 1.41. The minimum atomic E-state index is -0.540. The van der Waals surface area contributed by atoms with E-state index in [9.17, 15) is 19.5 Å². The van der Waals surface area contributed by atoms with Crippen molar-refractivity contribution in [1.82, 2.24) is 10.2 Å². The molecule has 2 aromatic carbocycles. The van der Waals surface area contributed by atoms with E-state index in [0.717, 1.165) is 36.0 Å². The standard InChI is InChI=1S/C32H40N2O5/c1-23-20-33-31(37)26(19-30(36)34-21-28-16-10-9-13-25(28)18-29(34)22-35)14-7-2-3-8-15-27(32(38)39-23)17-24-11-5-4-6-12-24/h2,4-7,9-13,16,23,26-27,29,35H,3,8,14-15,17-22H2,1H3,(H,33,37). The van der Waals surface area contributed by atoms with Gasteiger partial charge in [-0.15, -0.1) is 0 Å². The first kappa shape index (κ1) is 28.6. The Bertz CT molecular complexity index is 1150. The van der Waals surface area contributed by atoms with Gasteiger partial charge in [-0.3, -0.25) is 14.4 Å². The molecule has 0 aliphatic carbocycles. The Kier molecular flexibility index (Phi) is 10.3. The van der Waals surface area contributed by atoms with E-state index in [1.54, 1.807) is 11.8 Å². The number of aliphatic hydroxyl groups excluding tert-OH is 1. The first-order chi connectivity index (χ1) is 18.9. The second-order valence-corrected chi connectivity index (χ2v) is 10.7. The number of cyclic esters (lactones) is 1. The molecular formula is C32H40N2O5. The van der Waals surface area contributed by atoms with Gasteiger partial charge in [0.2, 0.25) is 11.8 Å². The summed E-state index contributed by atoms with van der Waals surface area (Å²) in [7, 11) is 0. The fourth-order valence-electron chi connectivity index (χ4n) is 5.44. The van der Waals surface area contributed by atoms with E-state index in [4.69, 9.17) is 4.74 Å². The van der Waals surface area contributed by atoms with Crippen molar-refractivity contribution in [3.05, 3.63) is 83.4 Å². The first-order valence-corrected chi connectivity index (χ1v) is 14.1. The fourth-order valence-corrected chi connectivity index (χ4v) is 5.44. The van der Waals surface area contributed by atoms with Crippen molar-refractivity contribution in [3.63, 3.8) is 0 Å². The monoisotopic (exact) mass is 532 g/mol. The van der Waals surface area contributed by atoms with E-state index in [1.807, 2.05) is 66.7 Å². The van der Waals surface area contributed by atoms with Gasteiger partial charge in [0, 0.05) is 13.0 Å². The average molecular weight is 533 g/mol. The summed E-state index contributed by atoms with van der Waals surface area (Å²) in [5.41, 5.74) is 3.33. The maximum absolute atomic E-state index is 13.4. The van der Waals surface area contributed by atoms with E-state index in [2.05, 4.69) is 5.32 Å². The number of allylic oxidation sites excluding steroid dienone is 2. The predicted octanol–water partition coefficient (Wildman–Crippen LogP) is 3.98. The van der Waals surface area contributed by atoms with Crippen LogP contribution in [-0.4, -0.2) is 53.1 Å². The van der Waals surface area contributed by atoms with Gasteiger partial charge in [0.25, 0.3) is 0 Å². The lowest BCUT2D eigenvalue weighted by Crippen LogP contribution is -2.47. The van der Waals surface area contributed by atoms with E-state index < -0.39 is 12.0 Å². The van der Waals surface area contributed by atoms with Crippen LogP contribution in [0.25, 0.3) is 0 Å². The SMILES string of the molecule is CC1CNC(=O)C(CC(=O)N2Cc3ccccc3CC2CO)CC=CCCCC(Cc2ccccc2)C(=O)O1. The van der Waals surface area contributed by atoms with E-state index in [-0.39, 0.29) is 49.3 Å². The van der Waals surface area contributed by atoms with E-state index in [0.29, 0.717) is 25.8 Å². The number of carbonyl (C=O) groups is 3. The smallest absolute Gasteiger partial charge is 0.309 e. The molecule has 4 atom stereocenters. The summed E-state index contributed by atoms with van der Waals surface area (Å²) in [6.07, 6.45) is 7.61. The Morgan fingerprint density at radius 1 is 1.03 bits per heavy atom. The van der Waals surface area contributed by atoms with Crippen LogP contribution < -0.4 is 5.32 Å². The molecule has 0 aromatic heterocycles. The van der Waals surface area contributed by atoms with Gasteiger partial charge in [-0.1, -0.05) is 66.7 Å². The number of nitrogens with zero attached hydrogens (tertiary/aromatic N) is 1. The van der Waals surface area contributed by atoms with Crippen LogP contribution in [0.2, 0.25) is 0 Å². The van der Waals surface area contributed by atoms with Crippen LogP contribution in [0.4, 0.5) is 0 Å². The summed E-state index contributed by atoms with van der Waals surface area (Å²) < 4.78 is 5.73. The molecule has 7 heteroatoms. The number of hydrogen-bond acceptors (Lipinski definition) is 5. The third-order valence-electron chi connectivity index (χ3n) is 7.73. The Labute approximate surface area is 231 Å². The zero-order chi connectivity index (χ0) is 27.6. The van der Waals surface area contributed by atoms with Crippen LogP contribution in [0.15, 0.2) is 66.7 Å². The third-order valence-corrected chi connectivity index (χ3v) is 7.73. The molecule has 0 radical (unpaired) electrons. The summed E-state index contributed by atoms with van der Waals surface area (Å²) in [5.74, 6) is -1.38. The molecule has 208 valence electrons. The lowest BCUT2D eigenvalue weighted by Gasteiger charge is -2.36. The molecule has 7 nitrogen and oxygen atoms in total. The highest BCUT2D eigenvalue weighted by molar-refractivity contribution is 5.86. The highest BCUT2D eigenvalue weighted by atomic mass is 16.5. The normalized spacial score (nSPS) is 24.7. The molecular weight excluding hydrogens is 492 g/mol. The van der Waals surface area contributed by atoms with Crippen molar-refractivity contribution in [2.24, 2.45) is 11.8 Å². The van der Waals surface area contributed by atoms with Crippen LogP contribution in [0.3, 0.4) is 0 Å². The van der Waals surface area contributed by atoms with Gasteiger partial charge in [0.1, 0.15) is 6.10 Å². The van der Waals surface area contributed by atoms with Crippen molar-refractivity contribution in [2.75, 3.05) is 13.2 Å². The Hall–Kier alpha value is -3.45. The molecule has 0 spiro atoms. The second-order valence-electron chi connectivity index (χ2n) is 10.7. The summed E-state index contributed by atoms with van der Waals surface area (Å²) in [6, 6.07) is 17.6. The number of carbonyl (C=O) groups excluding carboxylic acids is 3. The molecule has 2 heterocycles. The number of benzene rings is 2. The molecule has 2 N–H and O–H groups in total. The van der Waals surface area contributed by atoms with Crippen LogP contribution in [0.1, 0.15) is 55.7 Å². The highest BCUT2D eigenvalue weighted by Gasteiger charge is 2.32. The molecule has 0 fully saturated rings. The van der Waals surface area contributed by atoms with Gasteiger partial charge >= 0.3 is 5.97 Å². The number of nitrogens with one attached hydrogen (secondary N) is 1. The van der Waals surface area contributed by atoms with Crippen LogP contribution in [0.5, 0.6) is 0 Å². The fraction of sp³-hybridized carbons (Fsp3) is 0.469. The zero-order valence-electron chi connectivity index (χ0n) is 22.8. The molecule has 2 aliphatic rings. The highest BCUT2D eigenvalue weighted by Crippen LogP contribution is 2.26. The van der Waals surface area contributed by atoms with E-state index >= 15 is 0 Å². The molecule has 39 heavy (non-hydrogen) atoms. The van der Waals surface area contributed by atoms with Gasteiger partial charge in [-0.25, -0.2) is 0 Å². The molecule has 2 aromatic rings. The lowest BCUT2D eigenvalue weighted by atomic mass is 9.92. The van der Waals surface area contributed by atoms with Crippen molar-refractivity contribution in [2.45, 2.75) is 70.6 Å². The van der Waals surface area contributed by atoms with E-state index in [1.165, 1.54) is 0 Å². The van der Waals surface area contributed by atoms with Gasteiger partial charge in [0.15, 0.2) is 0 Å². The summed E-state index contributed by atoms with van der Waals surface area (Å²) in [6.45, 7) is 2.28. The average Bonchev–Trinajstić information content (AvgIpc) is 2.95. The topological polar surface area (TPSA) is 95.9 Å². The predicted molar refractivity (Wildman–Crippen MR) is 149 cm³/mol. The van der Waals surface area contributed by atoms with Crippen LogP contribution in [-0.2, 0) is 38.5 Å². The molecule has 0 bridgehead atoms. The Morgan fingerprint density at radius 2 is 1.77 bits per heavy atom. The zero-order valence-corrected chi connectivity index (χ0v) is 22.8. The van der Waals surface area contributed by atoms with Crippen LogP contribution >= 0.6 is 0 Å². The number of fused-ring (bicyclic) bond motifs is 1. The molecule has 4 unspecified atom stereocenters. The van der Waals surface area contributed by atoms with Gasteiger partial charge in [-0.05, 0) is 62.1 Å². The second kappa shape index (κ2) is 14.1. The molecule has 4 rings (SSSR count). The first-order valence-electron chi connectivity index (χ1n) is 14.1. The summed E-state index contributed by atoms with van der Waals surface area (Å²) >= 11 is 0. The number of amides is 2. The molecule has 2 amide bonds. The van der Waals surface area contributed by atoms with Gasteiger partial charge in [0.05, 0.1) is 31.0 Å². The summed E-state index contributed by atoms with van der Waals surface area (Å²) in [5, 5.41) is 12.9. The number of esters is 1. The largest absolute Gasteiger partial charge is 0.461 e. The number of aliphatic hydroxyl groups is 1. The van der Waals surface area contributed by atoms with Crippen molar-refractivity contribution in [1.29, 1.82) is 0 Å². The lowest BCUT2D eigenvalue weighted by molar-refractivity contribution is -0.153. The van der Waals surface area contributed by atoms with Gasteiger partial charge in [-0.2, -0.15) is 0 Å². The molecule has 0 saturated heterocycles. The summed E-state index contributed by atoms with van der Waals surface area (Å²) in [4.78, 5) is 41.3. The number of ether oxygens (including phenoxy) is 1. The molecule has 0 saturated carbocycles. The van der Waals surface area contributed by atoms with Crippen molar-refractivity contribution >= 4 is 17.8 Å². The maximum atomic E-state index is 13.4.